The molecule has 1 atom stereocenters. The van der Waals surface area contributed by atoms with E-state index in [0.29, 0.717) is 0 Å². The fraction of sp³-hybridized carbons (Fsp3) is 0.439. The predicted molar refractivity (Wildman–Crippen MR) is 276 cm³/mol. The van der Waals surface area contributed by atoms with Crippen LogP contribution in [-0.2, 0) is 32.5 Å². The minimum absolute atomic E-state index is 0.0433. The van der Waals surface area contributed by atoms with Crippen molar-refractivity contribution in [2.24, 2.45) is 0 Å². The molecule has 0 saturated heterocycles. The van der Waals surface area contributed by atoms with Gasteiger partial charge in [-0.05, 0) is 157 Å². The highest BCUT2D eigenvalue weighted by molar-refractivity contribution is 7.33. The van der Waals surface area contributed by atoms with Gasteiger partial charge in [0.1, 0.15) is 0 Å². The molecule has 5 aliphatic rings. The molecule has 4 heterocycles. The Labute approximate surface area is 379 Å². The van der Waals surface area contributed by atoms with Gasteiger partial charge in [0, 0.05) is 43.0 Å². The molecular weight excluding hydrogens is 784 g/mol. The van der Waals surface area contributed by atoms with Crippen molar-refractivity contribution in [3.63, 3.8) is 0 Å². The summed E-state index contributed by atoms with van der Waals surface area (Å²) in [4.78, 5) is 5.58. The lowest BCUT2D eigenvalue weighted by atomic mass is 9.35. The van der Waals surface area contributed by atoms with Crippen molar-refractivity contribution in [3.05, 3.63) is 117 Å². The van der Waals surface area contributed by atoms with Crippen LogP contribution in [0.3, 0.4) is 0 Å². The lowest BCUT2D eigenvalue weighted by molar-refractivity contribution is 0.327. The van der Waals surface area contributed by atoms with Crippen LogP contribution in [0.1, 0.15) is 160 Å². The highest BCUT2D eigenvalue weighted by atomic mass is 32.1. The van der Waals surface area contributed by atoms with Crippen molar-refractivity contribution in [1.29, 1.82) is 0 Å². The van der Waals surface area contributed by atoms with Crippen molar-refractivity contribution >= 4 is 92.7 Å². The number of anilines is 6. The van der Waals surface area contributed by atoms with Gasteiger partial charge in [-0.25, -0.2) is 0 Å². The summed E-state index contributed by atoms with van der Waals surface area (Å²) >= 11 is 2.06. The first-order chi connectivity index (χ1) is 29.0. The van der Waals surface area contributed by atoms with E-state index in [0.717, 1.165) is 6.42 Å². The first-order valence-electron chi connectivity index (χ1n) is 23.8. The van der Waals surface area contributed by atoms with Gasteiger partial charge in [-0.3, -0.25) is 0 Å². The molecule has 0 bridgehead atoms. The second kappa shape index (κ2) is 12.6. The van der Waals surface area contributed by atoms with Crippen molar-refractivity contribution in [2.45, 2.75) is 162 Å². The minimum Gasteiger partial charge on any atom is -0.311 e. The molecule has 1 unspecified atom stereocenters. The van der Waals surface area contributed by atoms with Gasteiger partial charge in [0.05, 0.1) is 20.9 Å². The van der Waals surface area contributed by atoms with Crippen LogP contribution in [0.15, 0.2) is 72.8 Å². The van der Waals surface area contributed by atoms with E-state index in [1.165, 1.54) is 95.9 Å². The number of hydrogen-bond acceptors (Lipinski definition) is 3. The van der Waals surface area contributed by atoms with Gasteiger partial charge in [-0.2, -0.15) is 0 Å². The third-order valence-corrected chi connectivity index (χ3v) is 19.3. The molecular formula is C57H67BN2SSi. The maximum absolute atomic E-state index is 2.82. The van der Waals surface area contributed by atoms with E-state index in [1.54, 1.807) is 33.0 Å². The lowest BCUT2D eigenvalue weighted by Gasteiger charge is -2.55. The molecule has 0 fully saturated rings. The Balaban J connectivity index is 1.29. The number of fused-ring (bicyclic) bond motifs is 10. The standard InChI is InChI=1S/C57H67BN2SSi/c1-32-26-43-48-44(27-32)60-42-31-38-37(55(10,11)22-23-56(38,12)13)30-39(42)57(14)25-24-54(8,9)36-18-19-40(50(60)47(36)57)58(48)51-49(35-28-33(52(2,3)4)17-21-45(35)61-51)59(43)41-20-16-34(53(5,6)7)29-46(41)62-15/h16-21,26-31H,22-25,62H2,1-15H3. The fourth-order valence-electron chi connectivity index (χ4n) is 12.7. The Hall–Kier alpha value is -4.06. The lowest BCUT2D eigenvalue weighted by Crippen LogP contribution is -2.62. The van der Waals surface area contributed by atoms with Gasteiger partial charge in [-0.15, -0.1) is 11.3 Å². The Morgan fingerprint density at radius 3 is 1.81 bits per heavy atom. The Kier molecular flexibility index (Phi) is 8.27. The summed E-state index contributed by atoms with van der Waals surface area (Å²) in [5.41, 5.74) is 23.8. The van der Waals surface area contributed by atoms with Crippen molar-refractivity contribution in [1.82, 2.24) is 0 Å². The molecule has 0 radical (unpaired) electrons. The zero-order valence-electron chi connectivity index (χ0n) is 40.3. The van der Waals surface area contributed by atoms with E-state index in [1.807, 2.05) is 0 Å². The van der Waals surface area contributed by atoms with E-state index in [2.05, 4.69) is 197 Å². The van der Waals surface area contributed by atoms with Gasteiger partial charge < -0.3 is 9.80 Å². The maximum Gasteiger partial charge on any atom is 0.264 e. The first-order valence-corrected chi connectivity index (χ1v) is 26.7. The molecule has 1 aromatic heterocycles. The number of hydrogen-bond donors (Lipinski definition) is 0. The smallest absolute Gasteiger partial charge is 0.264 e. The normalized spacial score (nSPS) is 21.2. The second-order valence-corrected chi connectivity index (χ2v) is 26.9. The number of aryl methyl sites for hydroxylation is 1. The van der Waals surface area contributed by atoms with Crippen molar-refractivity contribution < 1.29 is 0 Å². The van der Waals surface area contributed by atoms with E-state index in [4.69, 9.17) is 0 Å². The summed E-state index contributed by atoms with van der Waals surface area (Å²) < 4.78 is 2.89. The molecule has 0 N–H and O–H groups in total. The predicted octanol–water partition coefficient (Wildman–Crippen LogP) is 12.8. The van der Waals surface area contributed by atoms with E-state index >= 15 is 0 Å². The fourth-order valence-corrected chi connectivity index (χ4v) is 15.0. The highest BCUT2D eigenvalue weighted by Crippen LogP contribution is 2.63. The SMILES string of the molecule is C[SiH2]c1cc(C(C)(C)C)ccc1N1c2cc(C)cc3c2B(c2ccc4c5c2N3c2cc3c(cc2C5(C)CCC4(C)C)C(C)(C)CCC3(C)C)c2sc3ccc(C(C)(C)C)cc3c21. The monoisotopic (exact) mass is 850 g/mol. The Morgan fingerprint density at radius 1 is 0.581 bits per heavy atom. The van der Waals surface area contributed by atoms with Gasteiger partial charge in [0.15, 0.2) is 0 Å². The first kappa shape index (κ1) is 40.7. The minimum atomic E-state index is -0.550. The molecule has 62 heavy (non-hydrogen) atoms. The van der Waals surface area contributed by atoms with Gasteiger partial charge in [0.2, 0.25) is 0 Å². The molecule has 0 spiro atoms. The topological polar surface area (TPSA) is 6.48 Å². The van der Waals surface area contributed by atoms with Crippen LogP contribution >= 0.6 is 11.3 Å². The molecule has 6 aromatic rings. The largest absolute Gasteiger partial charge is 0.311 e. The zero-order valence-corrected chi connectivity index (χ0v) is 42.6. The maximum atomic E-state index is 2.82. The quantitative estimate of drug-likeness (QED) is 0.160. The summed E-state index contributed by atoms with van der Waals surface area (Å²) in [6.45, 7) is 36.8. The third-order valence-electron chi connectivity index (χ3n) is 16.7. The molecule has 5 aromatic carbocycles. The van der Waals surface area contributed by atoms with Gasteiger partial charge in [-0.1, -0.05) is 133 Å². The Bertz CT molecular complexity index is 2950. The highest BCUT2D eigenvalue weighted by Gasteiger charge is 2.55. The van der Waals surface area contributed by atoms with Crippen LogP contribution < -0.4 is 30.7 Å². The number of thiophene rings is 1. The van der Waals surface area contributed by atoms with Crippen LogP contribution in [-0.4, -0.2) is 16.2 Å². The molecule has 5 heteroatoms. The molecule has 0 amide bonds. The molecule has 2 aliphatic carbocycles. The van der Waals surface area contributed by atoms with Crippen LogP contribution in [0, 0.1) is 6.92 Å². The van der Waals surface area contributed by atoms with Crippen LogP contribution in [0.4, 0.5) is 34.1 Å². The zero-order chi connectivity index (χ0) is 44.0. The van der Waals surface area contributed by atoms with E-state index < -0.39 is 9.52 Å². The molecule has 3 aliphatic heterocycles. The number of nitrogens with zero attached hydrogens (tertiary/aromatic N) is 2. The van der Waals surface area contributed by atoms with E-state index in [-0.39, 0.29) is 39.2 Å². The molecule has 0 saturated carbocycles. The Morgan fingerprint density at radius 2 is 1.16 bits per heavy atom. The summed E-state index contributed by atoms with van der Waals surface area (Å²) in [5.74, 6) is 0. The van der Waals surface area contributed by atoms with Crippen molar-refractivity contribution in [2.75, 3.05) is 9.80 Å². The van der Waals surface area contributed by atoms with Crippen LogP contribution in [0.2, 0.25) is 6.55 Å². The average Bonchev–Trinajstić information content (AvgIpc) is 3.58. The van der Waals surface area contributed by atoms with Crippen LogP contribution in [0.5, 0.6) is 0 Å². The third kappa shape index (κ3) is 5.39. The summed E-state index contributed by atoms with van der Waals surface area (Å²) in [5, 5.41) is 2.95. The molecule has 11 rings (SSSR count). The average molecular weight is 851 g/mol. The number of benzene rings is 5. The van der Waals surface area contributed by atoms with Gasteiger partial charge >= 0.3 is 0 Å². The summed E-state index contributed by atoms with van der Waals surface area (Å²) in [7, 11) is -0.550. The molecule has 2 nitrogen and oxygen atoms in total. The second-order valence-electron chi connectivity index (χ2n) is 24.4. The van der Waals surface area contributed by atoms with Gasteiger partial charge in [0.25, 0.3) is 6.71 Å². The summed E-state index contributed by atoms with van der Waals surface area (Å²) in [6.07, 6.45) is 4.78. The summed E-state index contributed by atoms with van der Waals surface area (Å²) in [6, 6.07) is 30.6. The van der Waals surface area contributed by atoms with Crippen LogP contribution in [0.25, 0.3) is 10.1 Å². The molecule has 318 valence electrons. The van der Waals surface area contributed by atoms with E-state index in [9.17, 15) is 0 Å². The number of rotatable bonds is 2. The van der Waals surface area contributed by atoms with Crippen molar-refractivity contribution in [3.8, 4) is 0 Å².